The molecule has 0 unspecified atom stereocenters. The van der Waals surface area contributed by atoms with E-state index in [9.17, 15) is 10.1 Å². The molecule has 0 spiro atoms. The van der Waals surface area contributed by atoms with Crippen molar-refractivity contribution in [1.82, 2.24) is 4.98 Å². The minimum absolute atomic E-state index is 0.00262. The van der Waals surface area contributed by atoms with E-state index in [0.29, 0.717) is 18.0 Å². The molecule has 0 fully saturated rings. The first-order valence-corrected chi connectivity index (χ1v) is 6.39. The summed E-state index contributed by atoms with van der Waals surface area (Å²) in [4.78, 5) is 15.7. The SMILES string of the molecule is COc1cc(NCc2ncc(C)s2)cc([N+](=O)[O-])c1. The number of hydrogen-bond donors (Lipinski definition) is 1. The standard InChI is InChI=1S/C12H13N3O3S/c1-8-6-14-12(19-8)7-13-9-3-10(15(16)17)5-11(4-9)18-2/h3-6,13H,7H2,1-2H3. The maximum Gasteiger partial charge on any atom is 0.275 e. The predicted molar refractivity (Wildman–Crippen MR) is 73.8 cm³/mol. The van der Waals surface area contributed by atoms with Gasteiger partial charge in [0.15, 0.2) is 0 Å². The van der Waals surface area contributed by atoms with Crippen molar-refractivity contribution < 1.29 is 9.66 Å². The third-order valence-electron chi connectivity index (χ3n) is 2.45. The Kier molecular flexibility index (Phi) is 3.96. The Labute approximate surface area is 114 Å². The van der Waals surface area contributed by atoms with Crippen molar-refractivity contribution in [2.45, 2.75) is 13.5 Å². The normalized spacial score (nSPS) is 10.2. The second-order valence-electron chi connectivity index (χ2n) is 3.90. The minimum atomic E-state index is -0.443. The number of hydrogen-bond acceptors (Lipinski definition) is 6. The van der Waals surface area contributed by atoms with Gasteiger partial charge in [0.2, 0.25) is 0 Å². The Balaban J connectivity index is 2.15. The number of rotatable bonds is 5. The molecule has 7 heteroatoms. The fraction of sp³-hybridized carbons (Fsp3) is 0.250. The topological polar surface area (TPSA) is 77.3 Å². The minimum Gasteiger partial charge on any atom is -0.496 e. The zero-order valence-corrected chi connectivity index (χ0v) is 11.4. The van der Waals surface area contributed by atoms with Crippen LogP contribution in [0.4, 0.5) is 11.4 Å². The van der Waals surface area contributed by atoms with Crippen LogP contribution in [0.5, 0.6) is 5.75 Å². The lowest BCUT2D eigenvalue weighted by atomic mass is 10.2. The van der Waals surface area contributed by atoms with Crippen molar-refractivity contribution >= 4 is 22.7 Å². The second kappa shape index (κ2) is 5.66. The van der Waals surface area contributed by atoms with Crippen molar-refractivity contribution in [2.75, 3.05) is 12.4 Å². The van der Waals surface area contributed by atoms with Gasteiger partial charge in [0.1, 0.15) is 10.8 Å². The number of aryl methyl sites for hydroxylation is 1. The molecule has 0 radical (unpaired) electrons. The van der Waals surface area contributed by atoms with Gasteiger partial charge in [-0.2, -0.15) is 0 Å². The Morgan fingerprint density at radius 1 is 1.47 bits per heavy atom. The number of nitro groups is 1. The van der Waals surface area contributed by atoms with Gasteiger partial charge in [0.05, 0.1) is 24.6 Å². The number of aromatic nitrogens is 1. The van der Waals surface area contributed by atoms with Gasteiger partial charge in [-0.05, 0) is 6.92 Å². The number of thiazole rings is 1. The number of anilines is 1. The van der Waals surface area contributed by atoms with E-state index in [1.807, 2.05) is 6.92 Å². The van der Waals surface area contributed by atoms with E-state index in [1.54, 1.807) is 23.6 Å². The number of nitro benzene ring substituents is 1. The monoisotopic (exact) mass is 279 g/mol. The maximum atomic E-state index is 10.8. The van der Waals surface area contributed by atoms with E-state index >= 15 is 0 Å². The van der Waals surface area contributed by atoms with Crippen LogP contribution in [-0.4, -0.2) is 17.0 Å². The van der Waals surface area contributed by atoms with Crippen LogP contribution >= 0.6 is 11.3 Å². The molecule has 1 heterocycles. The fourth-order valence-corrected chi connectivity index (χ4v) is 2.30. The molecule has 0 bridgehead atoms. The maximum absolute atomic E-state index is 10.8. The molecule has 1 N–H and O–H groups in total. The van der Waals surface area contributed by atoms with Crippen LogP contribution < -0.4 is 10.1 Å². The summed E-state index contributed by atoms with van der Waals surface area (Å²) in [5, 5.41) is 14.9. The molecule has 0 aliphatic heterocycles. The van der Waals surface area contributed by atoms with Gasteiger partial charge in [-0.25, -0.2) is 4.98 Å². The third kappa shape index (κ3) is 3.41. The van der Waals surface area contributed by atoms with Crippen LogP contribution in [0.1, 0.15) is 9.88 Å². The highest BCUT2D eigenvalue weighted by Gasteiger charge is 2.10. The van der Waals surface area contributed by atoms with E-state index in [1.165, 1.54) is 19.2 Å². The molecule has 2 aromatic rings. The van der Waals surface area contributed by atoms with Gasteiger partial charge in [0.25, 0.3) is 5.69 Å². The van der Waals surface area contributed by atoms with E-state index < -0.39 is 4.92 Å². The molecular weight excluding hydrogens is 266 g/mol. The first kappa shape index (κ1) is 13.3. The summed E-state index contributed by atoms with van der Waals surface area (Å²) in [5.41, 5.74) is 0.635. The lowest BCUT2D eigenvalue weighted by Gasteiger charge is -2.06. The summed E-state index contributed by atoms with van der Waals surface area (Å²) in [6, 6.07) is 4.58. The molecule has 100 valence electrons. The molecule has 0 saturated carbocycles. The lowest BCUT2D eigenvalue weighted by Crippen LogP contribution is -2.00. The summed E-state index contributed by atoms with van der Waals surface area (Å²) < 4.78 is 5.04. The number of ether oxygens (including phenoxy) is 1. The van der Waals surface area contributed by atoms with Crippen molar-refractivity contribution in [3.63, 3.8) is 0 Å². The van der Waals surface area contributed by atoms with Gasteiger partial charge in [-0.3, -0.25) is 10.1 Å². The van der Waals surface area contributed by atoms with E-state index in [4.69, 9.17) is 4.74 Å². The average Bonchev–Trinajstić information content (AvgIpc) is 2.81. The second-order valence-corrected chi connectivity index (χ2v) is 5.21. The fourth-order valence-electron chi connectivity index (χ4n) is 1.57. The van der Waals surface area contributed by atoms with Crippen molar-refractivity contribution in [3.05, 3.63) is 44.4 Å². The molecule has 0 aliphatic carbocycles. The first-order chi connectivity index (χ1) is 9.08. The molecule has 0 aliphatic rings. The number of methoxy groups -OCH3 is 1. The van der Waals surface area contributed by atoms with Gasteiger partial charge in [0, 0.05) is 28.9 Å². The molecule has 2 rings (SSSR count). The van der Waals surface area contributed by atoms with Crippen LogP contribution in [0.25, 0.3) is 0 Å². The average molecular weight is 279 g/mol. The molecule has 6 nitrogen and oxygen atoms in total. The van der Waals surface area contributed by atoms with Gasteiger partial charge >= 0.3 is 0 Å². The molecule has 0 saturated heterocycles. The largest absolute Gasteiger partial charge is 0.496 e. The Morgan fingerprint density at radius 2 is 2.26 bits per heavy atom. The van der Waals surface area contributed by atoms with Gasteiger partial charge in [-0.15, -0.1) is 11.3 Å². The van der Waals surface area contributed by atoms with Crippen LogP contribution in [0.15, 0.2) is 24.4 Å². The van der Waals surface area contributed by atoms with E-state index in [0.717, 1.165) is 9.88 Å². The lowest BCUT2D eigenvalue weighted by molar-refractivity contribution is -0.384. The van der Waals surface area contributed by atoms with E-state index in [-0.39, 0.29) is 5.69 Å². The zero-order chi connectivity index (χ0) is 13.8. The molecule has 0 atom stereocenters. The highest BCUT2D eigenvalue weighted by Crippen LogP contribution is 2.26. The quantitative estimate of drug-likeness (QED) is 0.672. The smallest absolute Gasteiger partial charge is 0.275 e. The third-order valence-corrected chi connectivity index (χ3v) is 3.36. The summed E-state index contributed by atoms with van der Waals surface area (Å²) in [7, 11) is 1.48. The number of nitrogens with zero attached hydrogens (tertiary/aromatic N) is 2. The number of nitrogens with one attached hydrogen (secondary N) is 1. The van der Waals surface area contributed by atoms with Crippen LogP contribution in [-0.2, 0) is 6.54 Å². The molecule has 0 amide bonds. The van der Waals surface area contributed by atoms with Crippen molar-refractivity contribution in [1.29, 1.82) is 0 Å². The summed E-state index contributed by atoms with van der Waals surface area (Å²) in [6.45, 7) is 2.51. The summed E-state index contributed by atoms with van der Waals surface area (Å²) >= 11 is 1.59. The Hall–Kier alpha value is -2.15. The van der Waals surface area contributed by atoms with E-state index in [2.05, 4.69) is 10.3 Å². The highest BCUT2D eigenvalue weighted by molar-refractivity contribution is 7.11. The number of non-ortho nitro benzene ring substituents is 1. The summed E-state index contributed by atoms with van der Waals surface area (Å²) in [5.74, 6) is 0.451. The number of benzene rings is 1. The zero-order valence-electron chi connectivity index (χ0n) is 10.5. The molecule has 19 heavy (non-hydrogen) atoms. The molecular formula is C12H13N3O3S. The molecule has 1 aromatic carbocycles. The Bertz CT molecular complexity index is 598. The van der Waals surface area contributed by atoms with Gasteiger partial charge in [-0.1, -0.05) is 0 Å². The molecule has 1 aromatic heterocycles. The summed E-state index contributed by atoms with van der Waals surface area (Å²) in [6.07, 6.45) is 1.80. The van der Waals surface area contributed by atoms with Crippen molar-refractivity contribution in [2.24, 2.45) is 0 Å². The Morgan fingerprint density at radius 3 is 2.84 bits per heavy atom. The van der Waals surface area contributed by atoms with Crippen LogP contribution in [0, 0.1) is 17.0 Å². The van der Waals surface area contributed by atoms with Crippen LogP contribution in [0.3, 0.4) is 0 Å². The van der Waals surface area contributed by atoms with Crippen LogP contribution in [0.2, 0.25) is 0 Å². The highest BCUT2D eigenvalue weighted by atomic mass is 32.1. The predicted octanol–water partition coefficient (Wildman–Crippen LogP) is 2.98. The van der Waals surface area contributed by atoms with Gasteiger partial charge < -0.3 is 10.1 Å². The van der Waals surface area contributed by atoms with Crippen molar-refractivity contribution in [3.8, 4) is 5.75 Å². The first-order valence-electron chi connectivity index (χ1n) is 5.57.